The van der Waals surface area contributed by atoms with Gasteiger partial charge < -0.3 is 11.1 Å². The fraction of sp³-hybridized carbons (Fsp3) is 0.300. The molecule has 1 unspecified atom stereocenters. The molecule has 0 saturated carbocycles. The minimum Gasteiger partial charge on any atom is -0.348 e. The summed E-state index contributed by atoms with van der Waals surface area (Å²) >= 11 is 0. The van der Waals surface area contributed by atoms with Gasteiger partial charge in [0.1, 0.15) is 0 Å². The Hall–Kier alpha value is -1.35. The van der Waals surface area contributed by atoms with E-state index in [2.05, 4.69) is 5.32 Å². The predicted molar refractivity (Wildman–Crippen MR) is 52.0 cm³/mol. The quantitative estimate of drug-likeness (QED) is 0.663. The number of amides is 1. The molecule has 0 fully saturated rings. The van der Waals surface area contributed by atoms with Crippen LogP contribution in [0, 0.1) is 0 Å². The minimum atomic E-state index is -0.455. The molecular weight excluding hydrogens is 164 g/mol. The molecule has 1 rings (SSSR count). The lowest BCUT2D eigenvalue weighted by atomic mass is 9.92. The van der Waals surface area contributed by atoms with E-state index < -0.39 is 5.54 Å². The van der Waals surface area contributed by atoms with E-state index in [1.165, 1.54) is 0 Å². The maximum atomic E-state index is 10.4. The van der Waals surface area contributed by atoms with Gasteiger partial charge in [0.25, 0.3) is 0 Å². The molecule has 3 heteroatoms. The highest BCUT2D eigenvalue weighted by Gasteiger charge is 2.22. The van der Waals surface area contributed by atoms with Crippen LogP contribution in [0.3, 0.4) is 0 Å². The van der Waals surface area contributed by atoms with E-state index in [0.717, 1.165) is 5.56 Å². The molecule has 0 aliphatic carbocycles. The van der Waals surface area contributed by atoms with E-state index in [-0.39, 0.29) is 0 Å². The topological polar surface area (TPSA) is 55.1 Å². The Morgan fingerprint density at radius 3 is 2.54 bits per heavy atom. The van der Waals surface area contributed by atoms with Crippen LogP contribution in [-0.4, -0.2) is 13.0 Å². The van der Waals surface area contributed by atoms with Crippen molar-refractivity contribution >= 4 is 6.41 Å². The van der Waals surface area contributed by atoms with Gasteiger partial charge >= 0.3 is 0 Å². The van der Waals surface area contributed by atoms with Gasteiger partial charge in [-0.1, -0.05) is 30.3 Å². The van der Waals surface area contributed by atoms with E-state index in [4.69, 9.17) is 5.73 Å². The number of nitrogens with two attached hydrogens (primary N) is 1. The number of carbonyl (C=O) groups is 1. The molecule has 0 bridgehead atoms. The molecule has 0 radical (unpaired) electrons. The maximum absolute atomic E-state index is 10.4. The van der Waals surface area contributed by atoms with Gasteiger partial charge in [0.05, 0.1) is 5.54 Å². The zero-order valence-corrected chi connectivity index (χ0v) is 7.66. The molecule has 1 aromatic carbocycles. The third-order valence-electron chi connectivity index (χ3n) is 2.20. The van der Waals surface area contributed by atoms with E-state index in [1.54, 1.807) is 0 Å². The highest BCUT2D eigenvalue weighted by atomic mass is 16.1. The summed E-state index contributed by atoms with van der Waals surface area (Å²) in [5, 5.41) is 2.72. The summed E-state index contributed by atoms with van der Waals surface area (Å²) < 4.78 is 0. The van der Waals surface area contributed by atoms with Gasteiger partial charge in [0.15, 0.2) is 0 Å². The second-order valence-corrected chi connectivity index (χ2v) is 3.16. The molecule has 0 aliphatic heterocycles. The summed E-state index contributed by atoms with van der Waals surface area (Å²) in [5.41, 5.74) is 6.17. The van der Waals surface area contributed by atoms with Crippen molar-refractivity contribution in [3.05, 3.63) is 35.9 Å². The van der Waals surface area contributed by atoms with Crippen molar-refractivity contribution in [2.75, 3.05) is 6.54 Å². The van der Waals surface area contributed by atoms with Gasteiger partial charge in [0, 0.05) is 6.54 Å². The molecule has 1 atom stereocenters. The fourth-order valence-electron chi connectivity index (χ4n) is 1.20. The van der Waals surface area contributed by atoms with Crippen LogP contribution >= 0.6 is 0 Å². The summed E-state index contributed by atoms with van der Waals surface area (Å²) in [4.78, 5) is 10.4. The van der Waals surface area contributed by atoms with Crippen molar-refractivity contribution in [1.29, 1.82) is 0 Å². The second-order valence-electron chi connectivity index (χ2n) is 3.16. The molecule has 0 spiro atoms. The molecule has 3 nitrogen and oxygen atoms in total. The smallest absolute Gasteiger partial charge is 0.207 e. The Kier molecular flexibility index (Phi) is 3.03. The van der Waals surface area contributed by atoms with Crippen LogP contribution in [-0.2, 0) is 10.3 Å². The first kappa shape index (κ1) is 9.74. The number of benzene rings is 1. The Morgan fingerprint density at radius 2 is 2.08 bits per heavy atom. The maximum Gasteiger partial charge on any atom is 0.207 e. The molecule has 0 heterocycles. The molecule has 0 aliphatic rings. The van der Waals surface area contributed by atoms with Crippen molar-refractivity contribution in [3.8, 4) is 0 Å². The predicted octanol–water partition coefficient (Wildman–Crippen LogP) is 0.606. The molecular formula is C10H14N2O. The Labute approximate surface area is 77.9 Å². The summed E-state index contributed by atoms with van der Waals surface area (Å²) in [6.07, 6.45) is 0.680. The van der Waals surface area contributed by atoms with Crippen molar-refractivity contribution in [3.63, 3.8) is 0 Å². The number of nitrogens with one attached hydrogen (secondary N) is 1. The lowest BCUT2D eigenvalue weighted by molar-refractivity contribution is -0.111. The number of hydrogen-bond donors (Lipinski definition) is 2. The largest absolute Gasteiger partial charge is 0.348 e. The molecule has 13 heavy (non-hydrogen) atoms. The highest BCUT2D eigenvalue weighted by molar-refractivity contribution is 5.49. The molecule has 3 N–H and O–H groups in total. The summed E-state index contributed by atoms with van der Waals surface area (Å²) in [6, 6.07) is 9.68. The molecule has 0 saturated heterocycles. The Morgan fingerprint density at radius 1 is 1.46 bits per heavy atom. The Bertz CT molecular complexity index is 274. The van der Waals surface area contributed by atoms with Crippen molar-refractivity contribution in [1.82, 2.24) is 5.32 Å². The Balaban J connectivity index is 2.95. The lowest BCUT2D eigenvalue weighted by Gasteiger charge is -2.27. The van der Waals surface area contributed by atoms with Crippen LogP contribution in [0.4, 0.5) is 0 Å². The van der Waals surface area contributed by atoms with E-state index in [9.17, 15) is 4.79 Å². The first-order valence-corrected chi connectivity index (χ1v) is 4.20. The van der Waals surface area contributed by atoms with E-state index in [0.29, 0.717) is 13.0 Å². The van der Waals surface area contributed by atoms with Crippen LogP contribution in [0.25, 0.3) is 0 Å². The zero-order chi connectivity index (χ0) is 9.73. The average molecular weight is 178 g/mol. The highest BCUT2D eigenvalue weighted by Crippen LogP contribution is 2.17. The summed E-state index contributed by atoms with van der Waals surface area (Å²) in [5.74, 6) is 0. The zero-order valence-electron chi connectivity index (χ0n) is 7.66. The summed E-state index contributed by atoms with van der Waals surface area (Å²) in [7, 11) is 0. The normalized spacial score (nSPS) is 14.6. The van der Waals surface area contributed by atoms with Gasteiger partial charge in [-0.3, -0.25) is 4.79 Å². The van der Waals surface area contributed by atoms with Gasteiger partial charge in [-0.05, 0) is 12.5 Å². The van der Waals surface area contributed by atoms with Gasteiger partial charge in [-0.25, -0.2) is 0 Å². The van der Waals surface area contributed by atoms with Crippen LogP contribution in [0.5, 0.6) is 0 Å². The third-order valence-corrected chi connectivity index (χ3v) is 2.20. The van der Waals surface area contributed by atoms with Gasteiger partial charge in [-0.15, -0.1) is 0 Å². The van der Waals surface area contributed by atoms with Crippen LogP contribution in [0.15, 0.2) is 30.3 Å². The van der Waals surface area contributed by atoms with Crippen LogP contribution in [0.1, 0.15) is 12.5 Å². The molecule has 1 amide bonds. The van der Waals surface area contributed by atoms with Crippen molar-refractivity contribution in [2.24, 2.45) is 5.73 Å². The first-order chi connectivity index (χ1) is 6.23. The van der Waals surface area contributed by atoms with Gasteiger partial charge in [0.2, 0.25) is 6.41 Å². The fourth-order valence-corrected chi connectivity index (χ4v) is 1.20. The molecule has 70 valence electrons. The van der Waals surface area contributed by atoms with E-state index in [1.807, 2.05) is 37.3 Å². The minimum absolute atomic E-state index is 0.385. The molecule has 0 aromatic heterocycles. The van der Waals surface area contributed by atoms with Crippen LogP contribution < -0.4 is 11.1 Å². The second kappa shape index (κ2) is 4.05. The molecule has 1 aromatic rings. The number of carbonyl (C=O) groups excluding carboxylic acids is 1. The van der Waals surface area contributed by atoms with E-state index >= 15 is 0 Å². The van der Waals surface area contributed by atoms with Crippen molar-refractivity contribution in [2.45, 2.75) is 12.5 Å². The summed E-state index contributed by atoms with van der Waals surface area (Å²) in [6.45, 7) is 2.28. The average Bonchev–Trinajstić information content (AvgIpc) is 2.19. The van der Waals surface area contributed by atoms with Crippen molar-refractivity contribution < 1.29 is 4.79 Å². The number of rotatable bonds is 4. The standard InChI is InChI=1S/C10H14N2O/c1-10(7-11,12-8-13)9-5-3-2-4-6-9/h2-6,8H,7,11H2,1H3,(H,12,13). The lowest BCUT2D eigenvalue weighted by Crippen LogP contribution is -2.45. The monoisotopic (exact) mass is 178 g/mol. The van der Waals surface area contributed by atoms with Gasteiger partial charge in [-0.2, -0.15) is 0 Å². The van der Waals surface area contributed by atoms with Crippen LogP contribution in [0.2, 0.25) is 0 Å². The number of hydrogen-bond acceptors (Lipinski definition) is 2. The first-order valence-electron chi connectivity index (χ1n) is 4.20. The third kappa shape index (κ3) is 2.06. The SMILES string of the molecule is CC(CN)(NC=O)c1ccccc1.